The van der Waals surface area contributed by atoms with Gasteiger partial charge in [0, 0.05) is 12.3 Å². The van der Waals surface area contributed by atoms with Crippen molar-refractivity contribution < 1.29 is 14.3 Å². The van der Waals surface area contributed by atoms with Crippen molar-refractivity contribution in [2.24, 2.45) is 0 Å². The smallest absolute Gasteiger partial charge is 0.200 e. The zero-order chi connectivity index (χ0) is 20.8. The molecule has 0 amide bonds. The molecule has 0 aliphatic carbocycles. The van der Waals surface area contributed by atoms with Gasteiger partial charge in [0.25, 0.3) is 0 Å². The molecule has 154 valence electrons. The summed E-state index contributed by atoms with van der Waals surface area (Å²) in [7, 11) is 0. The minimum Gasteiger partial charge on any atom is -0.491 e. The summed E-state index contributed by atoms with van der Waals surface area (Å²) in [5.74, 6) is 2.56. The molecule has 30 heavy (non-hydrogen) atoms. The van der Waals surface area contributed by atoms with Crippen LogP contribution in [0.4, 0.5) is 0 Å². The second-order valence-electron chi connectivity index (χ2n) is 6.69. The van der Waals surface area contributed by atoms with E-state index in [-0.39, 0.29) is 6.61 Å². The maximum Gasteiger partial charge on any atom is 0.200 e. The van der Waals surface area contributed by atoms with Crippen molar-refractivity contribution in [1.29, 1.82) is 0 Å². The predicted molar refractivity (Wildman–Crippen MR) is 118 cm³/mol. The molecule has 2 heterocycles. The van der Waals surface area contributed by atoms with Gasteiger partial charge in [0.15, 0.2) is 16.7 Å². The topological polar surface area (TPSA) is 73.3 Å². The van der Waals surface area contributed by atoms with Gasteiger partial charge >= 0.3 is 0 Å². The predicted octanol–water partition coefficient (Wildman–Crippen LogP) is 4.76. The highest BCUT2D eigenvalue weighted by Crippen LogP contribution is 2.25. The largest absolute Gasteiger partial charge is 0.491 e. The Hall–Kier alpha value is -3.03. The molecular weight excluding hydrogens is 398 g/mol. The molecule has 0 aliphatic heterocycles. The molecule has 1 N–H and O–H groups in total. The minimum absolute atomic E-state index is 0.211. The fourth-order valence-corrected chi connectivity index (χ4v) is 3.96. The number of nitrogens with zero attached hydrogens (tertiary/aromatic N) is 3. The number of aliphatic hydroxyl groups is 1. The number of hydrogen-bond acceptors (Lipinski definition) is 6. The minimum atomic E-state index is -0.627. The summed E-state index contributed by atoms with van der Waals surface area (Å²) in [6.07, 6.45) is 0.988. The molecule has 7 heteroatoms. The van der Waals surface area contributed by atoms with Crippen LogP contribution < -0.4 is 4.74 Å². The first-order valence-electron chi connectivity index (χ1n) is 9.81. The normalized spacial score (nSPS) is 12.1. The molecule has 0 aliphatic rings. The third kappa shape index (κ3) is 4.75. The Balaban J connectivity index is 1.30. The molecule has 0 saturated heterocycles. The number of rotatable bonds is 9. The van der Waals surface area contributed by atoms with Crippen molar-refractivity contribution in [2.45, 2.75) is 24.7 Å². The molecule has 1 atom stereocenters. The first-order chi connectivity index (χ1) is 14.7. The lowest BCUT2D eigenvalue weighted by atomic mass is 10.1. The van der Waals surface area contributed by atoms with Crippen molar-refractivity contribution >= 4 is 11.8 Å². The number of aromatic nitrogens is 3. The first kappa shape index (κ1) is 20.3. The van der Waals surface area contributed by atoms with Gasteiger partial charge in [0.05, 0.1) is 12.4 Å². The van der Waals surface area contributed by atoms with Crippen LogP contribution in [0.2, 0.25) is 0 Å². The molecule has 1 unspecified atom stereocenters. The zero-order valence-corrected chi connectivity index (χ0v) is 17.5. The molecule has 0 radical (unpaired) electrons. The molecule has 0 saturated carbocycles. The average Bonchev–Trinajstić information content (AvgIpc) is 3.46. The third-order valence-electron chi connectivity index (χ3n) is 4.58. The van der Waals surface area contributed by atoms with E-state index in [0.29, 0.717) is 23.9 Å². The summed E-state index contributed by atoms with van der Waals surface area (Å²) >= 11 is 1.45. The maximum absolute atomic E-state index is 10.3. The highest BCUT2D eigenvalue weighted by Gasteiger charge is 2.16. The van der Waals surface area contributed by atoms with Crippen LogP contribution in [0.1, 0.15) is 6.92 Å². The lowest BCUT2D eigenvalue weighted by Crippen LogP contribution is -2.20. The van der Waals surface area contributed by atoms with Crippen LogP contribution in [0.3, 0.4) is 0 Å². The Kier molecular flexibility index (Phi) is 6.51. The number of aliphatic hydroxyl groups excluding tert-OH is 1. The number of hydrogen-bond donors (Lipinski definition) is 1. The van der Waals surface area contributed by atoms with E-state index in [1.54, 1.807) is 6.26 Å². The van der Waals surface area contributed by atoms with E-state index in [0.717, 1.165) is 22.0 Å². The van der Waals surface area contributed by atoms with Crippen LogP contribution in [0.5, 0.6) is 5.75 Å². The molecular formula is C23H23N3O3S. The Morgan fingerprint density at radius 3 is 2.47 bits per heavy atom. The highest BCUT2D eigenvalue weighted by atomic mass is 32.2. The van der Waals surface area contributed by atoms with Gasteiger partial charge in [-0.3, -0.25) is 4.57 Å². The van der Waals surface area contributed by atoms with Crippen LogP contribution >= 0.6 is 11.8 Å². The third-order valence-corrected chi connectivity index (χ3v) is 5.69. The lowest BCUT2D eigenvalue weighted by Gasteiger charge is -2.13. The van der Waals surface area contributed by atoms with E-state index >= 15 is 0 Å². The molecule has 4 rings (SSSR count). The first-order valence-corrected chi connectivity index (χ1v) is 10.8. The summed E-state index contributed by atoms with van der Waals surface area (Å²) in [5.41, 5.74) is 2.29. The number of thioether (sulfide) groups is 1. The van der Waals surface area contributed by atoms with E-state index in [9.17, 15) is 5.11 Å². The van der Waals surface area contributed by atoms with Crippen molar-refractivity contribution in [3.05, 3.63) is 73.0 Å². The van der Waals surface area contributed by atoms with Crippen LogP contribution in [0.15, 0.2) is 82.6 Å². The summed E-state index contributed by atoms with van der Waals surface area (Å²) in [5, 5.41) is 19.5. The van der Waals surface area contributed by atoms with E-state index in [4.69, 9.17) is 9.15 Å². The molecule has 0 bridgehead atoms. The summed E-state index contributed by atoms with van der Waals surface area (Å²) in [6.45, 7) is 2.95. The Morgan fingerprint density at radius 1 is 1.00 bits per heavy atom. The number of furan rings is 1. The average molecular weight is 422 g/mol. The van der Waals surface area contributed by atoms with E-state index in [2.05, 4.69) is 22.3 Å². The van der Waals surface area contributed by atoms with Gasteiger partial charge < -0.3 is 14.3 Å². The Morgan fingerprint density at radius 2 is 1.77 bits per heavy atom. The SMILES string of the molecule is CCn1c(SCC(O)COc2ccc(-c3ccccc3)cc2)nnc1-c1ccco1. The lowest BCUT2D eigenvalue weighted by molar-refractivity contribution is 0.126. The monoisotopic (exact) mass is 421 g/mol. The molecule has 4 aromatic rings. The fraction of sp³-hybridized carbons (Fsp3) is 0.217. The standard InChI is InChI=1S/C23H23N3O3S/c1-2-26-22(21-9-6-14-28-21)24-25-23(26)30-16-19(27)15-29-20-12-10-18(11-13-20)17-7-4-3-5-8-17/h3-14,19,27H,2,15-16H2,1H3. The van der Waals surface area contributed by atoms with E-state index in [1.807, 2.05) is 66.1 Å². The molecule has 0 spiro atoms. The summed E-state index contributed by atoms with van der Waals surface area (Å²) in [6, 6.07) is 21.7. The highest BCUT2D eigenvalue weighted by molar-refractivity contribution is 7.99. The fourth-order valence-electron chi connectivity index (χ4n) is 3.05. The van der Waals surface area contributed by atoms with Crippen LogP contribution in [-0.4, -0.2) is 38.3 Å². The van der Waals surface area contributed by atoms with E-state index < -0.39 is 6.10 Å². The van der Waals surface area contributed by atoms with Crippen molar-refractivity contribution in [3.8, 4) is 28.5 Å². The van der Waals surface area contributed by atoms with Gasteiger partial charge in [-0.25, -0.2) is 0 Å². The molecule has 0 fully saturated rings. The van der Waals surface area contributed by atoms with E-state index in [1.165, 1.54) is 11.8 Å². The second kappa shape index (κ2) is 9.65. The molecule has 6 nitrogen and oxygen atoms in total. The van der Waals surface area contributed by atoms with Crippen LogP contribution in [0, 0.1) is 0 Å². The van der Waals surface area contributed by atoms with Crippen molar-refractivity contribution in [2.75, 3.05) is 12.4 Å². The van der Waals surface area contributed by atoms with Crippen molar-refractivity contribution in [3.63, 3.8) is 0 Å². The Labute approximate surface area is 179 Å². The van der Waals surface area contributed by atoms with Gasteiger partial charge in [0.2, 0.25) is 0 Å². The van der Waals surface area contributed by atoms with Gasteiger partial charge in [-0.2, -0.15) is 0 Å². The maximum atomic E-state index is 10.3. The van der Waals surface area contributed by atoms with Crippen LogP contribution in [0.25, 0.3) is 22.7 Å². The molecule has 2 aromatic carbocycles. The Bertz CT molecular complexity index is 1050. The van der Waals surface area contributed by atoms with Gasteiger partial charge in [-0.05, 0) is 42.3 Å². The van der Waals surface area contributed by atoms with Gasteiger partial charge in [-0.1, -0.05) is 54.2 Å². The quantitative estimate of drug-likeness (QED) is 0.393. The van der Waals surface area contributed by atoms with Crippen molar-refractivity contribution in [1.82, 2.24) is 14.8 Å². The van der Waals surface area contributed by atoms with Crippen LogP contribution in [-0.2, 0) is 6.54 Å². The number of benzene rings is 2. The summed E-state index contributed by atoms with van der Waals surface area (Å²) < 4.78 is 13.1. The number of ether oxygens (including phenoxy) is 1. The second-order valence-corrected chi connectivity index (χ2v) is 7.68. The molecule has 2 aromatic heterocycles. The zero-order valence-electron chi connectivity index (χ0n) is 16.6. The van der Waals surface area contributed by atoms with Gasteiger partial charge in [-0.15, -0.1) is 10.2 Å². The summed E-state index contributed by atoms with van der Waals surface area (Å²) in [4.78, 5) is 0. The van der Waals surface area contributed by atoms with Gasteiger partial charge in [0.1, 0.15) is 12.4 Å².